The third-order valence-electron chi connectivity index (χ3n) is 5.07. The molecule has 0 amide bonds. The lowest BCUT2D eigenvalue weighted by Gasteiger charge is -2.30. The quantitative estimate of drug-likeness (QED) is 0.279. The fourth-order valence-corrected chi connectivity index (χ4v) is 3.88. The maximum absolute atomic E-state index is 10.6. The number of aliphatic hydroxyl groups is 1. The van der Waals surface area contributed by atoms with Crippen molar-refractivity contribution in [3.05, 3.63) is 35.9 Å². The first-order valence-electron chi connectivity index (χ1n) is 10.2. The Kier molecular flexibility index (Phi) is 11.1. The Morgan fingerprint density at radius 3 is 2.15 bits per heavy atom. The molecule has 27 heavy (non-hydrogen) atoms. The summed E-state index contributed by atoms with van der Waals surface area (Å²) in [7, 11) is 0.230. The zero-order valence-electron chi connectivity index (χ0n) is 17.0. The lowest BCUT2D eigenvalue weighted by molar-refractivity contribution is -0.890. The highest BCUT2D eigenvalue weighted by molar-refractivity contribution is 7.85. The summed E-state index contributed by atoms with van der Waals surface area (Å²) >= 11 is 0. The molecule has 0 bridgehead atoms. The van der Waals surface area contributed by atoms with E-state index in [4.69, 9.17) is 0 Å². The van der Waals surface area contributed by atoms with Gasteiger partial charge in [0.05, 0.1) is 43.4 Å². The van der Waals surface area contributed by atoms with E-state index >= 15 is 0 Å². The standard InChI is InChI=1S/C21H37NO4S/c1-22(2,18-10-11-19-27(24,25)26)17-9-4-3-8-14-21(23)16-15-20-12-6-5-7-13-20/h5-7,12-13,21,23H,3-4,8-11,14-19H2,1-2H3. The number of unbranched alkanes of at least 4 members (excludes halogenated alkanes) is 4. The molecule has 0 radical (unpaired) electrons. The highest BCUT2D eigenvalue weighted by atomic mass is 32.2. The number of benzene rings is 1. The molecular formula is C21H37NO4S. The van der Waals surface area contributed by atoms with Gasteiger partial charge in [-0.1, -0.05) is 43.2 Å². The molecule has 0 aromatic heterocycles. The van der Waals surface area contributed by atoms with Crippen molar-refractivity contribution in [3.8, 4) is 0 Å². The van der Waals surface area contributed by atoms with Crippen LogP contribution in [0.3, 0.4) is 0 Å². The van der Waals surface area contributed by atoms with Crippen molar-refractivity contribution in [2.75, 3.05) is 32.9 Å². The molecule has 0 fully saturated rings. The lowest BCUT2D eigenvalue weighted by Crippen LogP contribution is -2.41. The fraction of sp³-hybridized carbons (Fsp3) is 0.714. The van der Waals surface area contributed by atoms with Crippen molar-refractivity contribution in [3.63, 3.8) is 0 Å². The maximum Gasteiger partial charge on any atom is 0.0945 e. The van der Waals surface area contributed by atoms with Crippen LogP contribution in [0.5, 0.6) is 0 Å². The Balaban J connectivity index is 2.02. The second kappa shape index (κ2) is 12.5. The molecule has 0 aliphatic carbocycles. The first-order chi connectivity index (χ1) is 12.7. The predicted octanol–water partition coefficient (Wildman–Crippen LogP) is 3.33. The average Bonchev–Trinajstić information content (AvgIpc) is 2.60. The molecule has 0 aliphatic rings. The number of aryl methyl sites for hydroxylation is 1. The van der Waals surface area contributed by atoms with Crippen LogP contribution in [0, 0.1) is 0 Å². The third kappa shape index (κ3) is 13.8. The van der Waals surface area contributed by atoms with Crippen LogP contribution in [-0.2, 0) is 16.5 Å². The van der Waals surface area contributed by atoms with Gasteiger partial charge in [0.2, 0.25) is 0 Å². The molecule has 1 N–H and O–H groups in total. The first-order valence-corrected chi connectivity index (χ1v) is 11.7. The fourth-order valence-electron chi connectivity index (χ4n) is 3.33. The van der Waals surface area contributed by atoms with E-state index in [2.05, 4.69) is 26.2 Å². The van der Waals surface area contributed by atoms with Crippen LogP contribution in [-0.4, -0.2) is 61.6 Å². The second-order valence-electron chi connectivity index (χ2n) is 8.23. The van der Waals surface area contributed by atoms with Gasteiger partial charge in [-0.3, -0.25) is 0 Å². The van der Waals surface area contributed by atoms with Gasteiger partial charge in [-0.15, -0.1) is 0 Å². The van der Waals surface area contributed by atoms with Crippen molar-refractivity contribution < 1.29 is 22.6 Å². The normalized spacial score (nSPS) is 13.6. The van der Waals surface area contributed by atoms with Gasteiger partial charge in [0.1, 0.15) is 0 Å². The summed E-state index contributed by atoms with van der Waals surface area (Å²) in [6.07, 6.45) is 8.12. The van der Waals surface area contributed by atoms with E-state index in [1.165, 1.54) is 5.56 Å². The molecule has 0 saturated heterocycles. The largest absolute Gasteiger partial charge is 0.748 e. The van der Waals surface area contributed by atoms with Crippen LogP contribution in [0.15, 0.2) is 30.3 Å². The summed E-state index contributed by atoms with van der Waals surface area (Å²) in [5.41, 5.74) is 1.28. The Morgan fingerprint density at radius 2 is 1.52 bits per heavy atom. The number of hydrogen-bond donors (Lipinski definition) is 1. The Morgan fingerprint density at radius 1 is 0.926 bits per heavy atom. The van der Waals surface area contributed by atoms with E-state index in [-0.39, 0.29) is 11.9 Å². The van der Waals surface area contributed by atoms with E-state index in [1.807, 2.05) is 18.2 Å². The van der Waals surface area contributed by atoms with E-state index in [1.54, 1.807) is 0 Å². The molecular weight excluding hydrogens is 362 g/mol. The summed E-state index contributed by atoms with van der Waals surface area (Å²) < 4.78 is 32.7. The minimum Gasteiger partial charge on any atom is -0.748 e. The average molecular weight is 400 g/mol. The topological polar surface area (TPSA) is 77.4 Å². The number of hydrogen-bond acceptors (Lipinski definition) is 4. The van der Waals surface area contributed by atoms with Crippen LogP contribution in [0.4, 0.5) is 0 Å². The third-order valence-corrected chi connectivity index (χ3v) is 5.86. The SMILES string of the molecule is C[N+](C)(CCCCCCC(O)CCc1ccccc1)CCCCS(=O)(=O)[O-]. The van der Waals surface area contributed by atoms with Crippen molar-refractivity contribution in [1.82, 2.24) is 0 Å². The smallest absolute Gasteiger partial charge is 0.0945 e. The molecule has 0 spiro atoms. The van der Waals surface area contributed by atoms with Gasteiger partial charge in [0.15, 0.2) is 0 Å². The van der Waals surface area contributed by atoms with E-state index in [9.17, 15) is 18.1 Å². The molecule has 1 aromatic rings. The maximum atomic E-state index is 10.6. The van der Waals surface area contributed by atoms with Gasteiger partial charge in [-0.25, -0.2) is 8.42 Å². The summed E-state index contributed by atoms with van der Waals surface area (Å²) in [5.74, 6) is -0.250. The van der Waals surface area contributed by atoms with Crippen molar-refractivity contribution in [2.45, 2.75) is 63.9 Å². The molecule has 6 heteroatoms. The Bertz CT molecular complexity index is 602. The number of quaternary nitrogens is 1. The minimum atomic E-state index is -4.07. The number of aliphatic hydroxyl groups excluding tert-OH is 1. The molecule has 1 aromatic carbocycles. The van der Waals surface area contributed by atoms with Gasteiger partial charge >= 0.3 is 0 Å². The predicted molar refractivity (Wildman–Crippen MR) is 109 cm³/mol. The zero-order chi connectivity index (χ0) is 20.2. The van der Waals surface area contributed by atoms with Crippen LogP contribution >= 0.6 is 0 Å². The van der Waals surface area contributed by atoms with Gasteiger partial charge in [0, 0.05) is 5.75 Å². The molecule has 1 unspecified atom stereocenters. The van der Waals surface area contributed by atoms with Crippen LogP contribution in [0.2, 0.25) is 0 Å². The number of rotatable bonds is 15. The molecule has 0 aliphatic heterocycles. The zero-order valence-corrected chi connectivity index (χ0v) is 17.8. The summed E-state index contributed by atoms with van der Waals surface area (Å²) in [4.78, 5) is 0. The lowest BCUT2D eigenvalue weighted by atomic mass is 10.0. The van der Waals surface area contributed by atoms with E-state index in [0.717, 1.165) is 68.9 Å². The molecule has 1 atom stereocenters. The van der Waals surface area contributed by atoms with Gasteiger partial charge in [-0.2, -0.15) is 0 Å². The highest BCUT2D eigenvalue weighted by Gasteiger charge is 2.14. The van der Waals surface area contributed by atoms with Crippen molar-refractivity contribution >= 4 is 10.1 Å². The monoisotopic (exact) mass is 399 g/mol. The molecule has 156 valence electrons. The van der Waals surface area contributed by atoms with Gasteiger partial charge in [-0.05, 0) is 50.5 Å². The van der Waals surface area contributed by atoms with Crippen LogP contribution < -0.4 is 0 Å². The van der Waals surface area contributed by atoms with E-state index in [0.29, 0.717) is 6.42 Å². The Labute approximate surface area is 165 Å². The summed E-state index contributed by atoms with van der Waals surface area (Å²) in [6.45, 7) is 1.95. The summed E-state index contributed by atoms with van der Waals surface area (Å²) in [6, 6.07) is 10.3. The second-order valence-corrected chi connectivity index (χ2v) is 9.76. The van der Waals surface area contributed by atoms with E-state index < -0.39 is 10.1 Å². The molecule has 0 heterocycles. The summed E-state index contributed by atoms with van der Waals surface area (Å²) in [5, 5.41) is 10.1. The van der Waals surface area contributed by atoms with Crippen LogP contribution in [0.25, 0.3) is 0 Å². The molecule has 1 rings (SSSR count). The van der Waals surface area contributed by atoms with Crippen LogP contribution in [0.1, 0.15) is 56.9 Å². The van der Waals surface area contributed by atoms with Crippen molar-refractivity contribution in [1.29, 1.82) is 0 Å². The Hall–Kier alpha value is -0.950. The molecule has 5 nitrogen and oxygen atoms in total. The number of nitrogens with zero attached hydrogens (tertiary/aromatic N) is 1. The highest BCUT2D eigenvalue weighted by Crippen LogP contribution is 2.13. The van der Waals surface area contributed by atoms with Gasteiger partial charge in [0.25, 0.3) is 0 Å². The first kappa shape index (κ1) is 24.1. The van der Waals surface area contributed by atoms with Crippen molar-refractivity contribution in [2.24, 2.45) is 0 Å². The molecule has 0 saturated carbocycles. The minimum absolute atomic E-state index is 0.213. The van der Waals surface area contributed by atoms with Gasteiger partial charge < -0.3 is 14.1 Å².